The molecule has 0 saturated heterocycles. The maximum absolute atomic E-state index is 14.8. The fourth-order valence-electron chi connectivity index (χ4n) is 5.56. The van der Waals surface area contributed by atoms with Gasteiger partial charge in [0.25, 0.3) is 7.37 Å². The van der Waals surface area contributed by atoms with E-state index >= 15 is 0 Å². The summed E-state index contributed by atoms with van der Waals surface area (Å²) in [6.07, 6.45) is 2.00. The van der Waals surface area contributed by atoms with Gasteiger partial charge in [0.2, 0.25) is 0 Å². The van der Waals surface area contributed by atoms with Crippen molar-refractivity contribution in [1.29, 1.82) is 0 Å². The van der Waals surface area contributed by atoms with E-state index in [4.69, 9.17) is 9.26 Å². The van der Waals surface area contributed by atoms with E-state index in [2.05, 4.69) is 38.1 Å². The standard InChI is InChI=1S/C36H41O4P/c1-5-29(2)26-36(31-20-12-7-13-21-31,32-22-14-8-15-23-32)28-35(3,34(37)39-27-30-18-10-6-11-19-30)41(4,38)40-33-24-16-9-17-25-33/h6-25,29H,5,26-28H2,1-4H3. The minimum atomic E-state index is -3.68. The quantitative estimate of drug-likeness (QED) is 0.119. The molecule has 0 bridgehead atoms. The van der Waals surface area contributed by atoms with Gasteiger partial charge in [0, 0.05) is 12.1 Å². The molecule has 4 nitrogen and oxygen atoms in total. The Kier molecular flexibility index (Phi) is 9.89. The van der Waals surface area contributed by atoms with E-state index in [9.17, 15) is 9.36 Å². The first-order chi connectivity index (χ1) is 19.7. The van der Waals surface area contributed by atoms with Gasteiger partial charge in [0.15, 0.2) is 5.16 Å². The number of benzene rings is 4. The van der Waals surface area contributed by atoms with Crippen LogP contribution in [0, 0.1) is 5.92 Å². The lowest BCUT2D eigenvalue weighted by atomic mass is 9.64. The van der Waals surface area contributed by atoms with Gasteiger partial charge >= 0.3 is 5.97 Å². The number of hydrogen-bond acceptors (Lipinski definition) is 4. The van der Waals surface area contributed by atoms with Crippen LogP contribution >= 0.6 is 7.37 Å². The maximum Gasteiger partial charge on any atom is 0.323 e. The van der Waals surface area contributed by atoms with E-state index in [0.29, 0.717) is 11.7 Å². The van der Waals surface area contributed by atoms with E-state index < -0.39 is 23.9 Å². The van der Waals surface area contributed by atoms with Gasteiger partial charge in [-0.1, -0.05) is 129 Å². The second kappa shape index (κ2) is 13.4. The second-order valence-electron chi connectivity index (χ2n) is 11.3. The van der Waals surface area contributed by atoms with Crippen molar-refractivity contribution < 1.29 is 18.6 Å². The fraction of sp³-hybridized carbons (Fsp3) is 0.306. The molecule has 0 aliphatic rings. The summed E-state index contributed by atoms with van der Waals surface area (Å²) in [5.74, 6) is 0.280. The lowest BCUT2D eigenvalue weighted by Gasteiger charge is -2.44. The van der Waals surface area contributed by atoms with Crippen molar-refractivity contribution >= 4 is 13.3 Å². The van der Waals surface area contributed by atoms with Gasteiger partial charge in [-0.2, -0.15) is 0 Å². The van der Waals surface area contributed by atoms with Crippen molar-refractivity contribution in [2.24, 2.45) is 5.92 Å². The Hall–Kier alpha value is -3.62. The largest absolute Gasteiger partial charge is 0.460 e. The van der Waals surface area contributed by atoms with E-state index in [1.54, 1.807) is 25.7 Å². The van der Waals surface area contributed by atoms with Crippen LogP contribution in [0.4, 0.5) is 0 Å². The Morgan fingerprint density at radius 2 is 1.24 bits per heavy atom. The first kappa shape index (κ1) is 30.3. The van der Waals surface area contributed by atoms with Gasteiger partial charge < -0.3 is 9.26 Å². The highest BCUT2D eigenvalue weighted by Crippen LogP contribution is 2.62. The van der Waals surface area contributed by atoms with E-state index in [1.807, 2.05) is 84.9 Å². The Labute approximate surface area is 245 Å². The number of para-hydroxylation sites is 1. The summed E-state index contributed by atoms with van der Waals surface area (Å²) in [6.45, 7) is 7.85. The third-order valence-electron chi connectivity index (χ3n) is 8.26. The van der Waals surface area contributed by atoms with Crippen LogP contribution in [0.25, 0.3) is 0 Å². The summed E-state index contributed by atoms with van der Waals surface area (Å²) in [6, 6.07) is 39.2. The molecule has 4 aromatic rings. The topological polar surface area (TPSA) is 52.6 Å². The molecule has 41 heavy (non-hydrogen) atoms. The highest BCUT2D eigenvalue weighted by molar-refractivity contribution is 7.61. The molecule has 214 valence electrons. The number of carbonyl (C=O) groups excluding carboxylic acids is 1. The Morgan fingerprint density at radius 3 is 1.73 bits per heavy atom. The highest BCUT2D eigenvalue weighted by Gasteiger charge is 2.56. The van der Waals surface area contributed by atoms with Gasteiger partial charge in [-0.25, -0.2) is 0 Å². The van der Waals surface area contributed by atoms with Crippen molar-refractivity contribution in [3.05, 3.63) is 138 Å². The molecular weight excluding hydrogens is 527 g/mol. The van der Waals surface area contributed by atoms with Crippen LogP contribution in [-0.2, 0) is 26.1 Å². The molecule has 0 aromatic heterocycles. The second-order valence-corrected chi connectivity index (χ2v) is 14.2. The zero-order valence-electron chi connectivity index (χ0n) is 24.5. The number of carbonyl (C=O) groups is 1. The van der Waals surface area contributed by atoms with E-state index in [1.165, 1.54) is 0 Å². The third kappa shape index (κ3) is 7.00. The average Bonchev–Trinajstić information content (AvgIpc) is 3.01. The third-order valence-corrected chi connectivity index (χ3v) is 11.0. The van der Waals surface area contributed by atoms with Gasteiger partial charge in [-0.05, 0) is 54.5 Å². The molecule has 0 heterocycles. The van der Waals surface area contributed by atoms with Crippen LogP contribution in [0.2, 0.25) is 0 Å². The number of ether oxygens (including phenoxy) is 1. The van der Waals surface area contributed by atoms with E-state index in [0.717, 1.165) is 29.5 Å². The van der Waals surface area contributed by atoms with Crippen LogP contribution in [0.5, 0.6) is 5.75 Å². The smallest absolute Gasteiger partial charge is 0.323 e. The lowest BCUT2D eigenvalue weighted by molar-refractivity contribution is -0.148. The van der Waals surface area contributed by atoms with Crippen LogP contribution in [-0.4, -0.2) is 17.8 Å². The summed E-state index contributed by atoms with van der Waals surface area (Å²) in [5.41, 5.74) is 2.40. The molecule has 5 heteroatoms. The van der Waals surface area contributed by atoms with Crippen molar-refractivity contribution in [2.45, 2.75) is 57.2 Å². The fourth-order valence-corrected chi connectivity index (χ4v) is 7.24. The molecule has 0 saturated carbocycles. The molecular formula is C36H41O4P. The van der Waals surface area contributed by atoms with Crippen molar-refractivity contribution in [3.8, 4) is 5.75 Å². The van der Waals surface area contributed by atoms with Crippen molar-refractivity contribution in [2.75, 3.05) is 6.66 Å². The molecule has 3 unspecified atom stereocenters. The Morgan fingerprint density at radius 1 is 0.780 bits per heavy atom. The predicted octanol–water partition coefficient (Wildman–Crippen LogP) is 9.29. The minimum Gasteiger partial charge on any atom is -0.460 e. The predicted molar refractivity (Wildman–Crippen MR) is 168 cm³/mol. The Balaban J connectivity index is 1.87. The van der Waals surface area contributed by atoms with Crippen molar-refractivity contribution in [1.82, 2.24) is 0 Å². The van der Waals surface area contributed by atoms with E-state index in [-0.39, 0.29) is 13.0 Å². The molecule has 0 radical (unpaired) electrons. The van der Waals surface area contributed by atoms with Crippen LogP contribution in [0.1, 0.15) is 56.7 Å². The molecule has 0 amide bonds. The monoisotopic (exact) mass is 568 g/mol. The zero-order chi connectivity index (χ0) is 29.3. The molecule has 0 fully saturated rings. The average molecular weight is 569 g/mol. The molecule has 3 atom stereocenters. The summed E-state index contributed by atoms with van der Waals surface area (Å²) < 4.78 is 27.0. The van der Waals surface area contributed by atoms with Crippen LogP contribution in [0.3, 0.4) is 0 Å². The SMILES string of the molecule is CCC(C)CC(CC(C)(C(=O)OCc1ccccc1)P(C)(=O)Oc1ccccc1)(c1ccccc1)c1ccccc1. The van der Waals surface area contributed by atoms with Crippen LogP contribution in [0.15, 0.2) is 121 Å². The molecule has 0 aliphatic heterocycles. The normalized spacial score (nSPS) is 15.2. The highest BCUT2D eigenvalue weighted by atomic mass is 31.2. The summed E-state index contributed by atoms with van der Waals surface area (Å²) in [7, 11) is -3.68. The first-order valence-electron chi connectivity index (χ1n) is 14.3. The molecule has 0 spiro atoms. The lowest BCUT2D eigenvalue weighted by Crippen LogP contribution is -2.46. The number of hydrogen-bond donors (Lipinski definition) is 0. The number of esters is 1. The first-order valence-corrected chi connectivity index (χ1v) is 16.4. The van der Waals surface area contributed by atoms with Gasteiger partial charge in [-0.3, -0.25) is 9.36 Å². The molecule has 0 aliphatic carbocycles. The number of rotatable bonds is 13. The van der Waals surface area contributed by atoms with Gasteiger partial charge in [0.1, 0.15) is 12.4 Å². The van der Waals surface area contributed by atoms with Gasteiger partial charge in [0.05, 0.1) is 0 Å². The minimum absolute atomic E-state index is 0.0929. The summed E-state index contributed by atoms with van der Waals surface area (Å²) in [5, 5.41) is -1.46. The molecule has 4 aromatic carbocycles. The van der Waals surface area contributed by atoms with Crippen LogP contribution < -0.4 is 4.52 Å². The molecule has 0 N–H and O–H groups in total. The van der Waals surface area contributed by atoms with Gasteiger partial charge in [-0.15, -0.1) is 0 Å². The summed E-state index contributed by atoms with van der Waals surface area (Å²) in [4.78, 5) is 14.3. The van der Waals surface area contributed by atoms with Crippen molar-refractivity contribution in [3.63, 3.8) is 0 Å². The molecule has 4 rings (SSSR count). The maximum atomic E-state index is 14.8. The summed E-state index contributed by atoms with van der Waals surface area (Å²) >= 11 is 0. The Bertz CT molecular complexity index is 1380. The zero-order valence-corrected chi connectivity index (χ0v) is 25.4.